The van der Waals surface area contributed by atoms with Crippen molar-refractivity contribution in [2.45, 2.75) is 38.0 Å². The topological polar surface area (TPSA) is 80.3 Å². The zero-order chi connectivity index (χ0) is 14.1. The fourth-order valence-corrected chi connectivity index (χ4v) is 2.88. The van der Waals surface area contributed by atoms with Crippen molar-refractivity contribution in [2.75, 3.05) is 0 Å². The summed E-state index contributed by atoms with van der Waals surface area (Å²) >= 11 is 0. The quantitative estimate of drug-likeness (QED) is 0.222. The molecule has 0 saturated heterocycles. The van der Waals surface area contributed by atoms with E-state index in [1.54, 1.807) is 0 Å². The molecule has 2 aliphatic carbocycles. The molecule has 2 bridgehead atoms. The van der Waals surface area contributed by atoms with Crippen LogP contribution in [0.25, 0.3) is 0 Å². The second-order valence-corrected chi connectivity index (χ2v) is 5.48. The van der Waals surface area contributed by atoms with E-state index < -0.39 is 28.7 Å². The number of halogens is 4. The normalized spacial score (nSPS) is 28.2. The zero-order valence-electron chi connectivity index (χ0n) is 11.2. The summed E-state index contributed by atoms with van der Waals surface area (Å²) in [6.45, 7) is 0. The maximum absolute atomic E-state index is 13.0. The molecule has 2 fully saturated rings. The fourth-order valence-electron chi connectivity index (χ4n) is 2.88. The Balaban J connectivity index is 0. The summed E-state index contributed by atoms with van der Waals surface area (Å²) in [7, 11) is -5.17. The smallest absolute Gasteiger partial charge is 0.759 e. The summed E-state index contributed by atoms with van der Waals surface area (Å²) in [5, 5.41) is 0. The molecule has 108 valence electrons. The first-order chi connectivity index (χ1) is 8.01. The first-order valence-corrected chi connectivity index (χ1v) is 6.67. The molecule has 0 amide bonds. The molecule has 2 saturated carbocycles. The van der Waals surface area contributed by atoms with E-state index in [9.17, 15) is 17.6 Å². The Morgan fingerprint density at radius 3 is 1.75 bits per heavy atom. The molecule has 2 rings (SSSR count). The maximum atomic E-state index is 13.0. The van der Waals surface area contributed by atoms with Gasteiger partial charge in [0.05, 0.1) is 0 Å². The fraction of sp³-hybridized carbons (Fsp3) is 1.00. The average molecular weight is 338 g/mol. The number of hydrogen-bond acceptors (Lipinski definition) is 4. The van der Waals surface area contributed by atoms with Gasteiger partial charge in [-0.15, -0.1) is 0 Å². The first kappa shape index (κ1) is 23.9. The number of fused-ring (bicyclic) bond motifs is 2. The third-order valence-electron chi connectivity index (χ3n) is 3.52. The summed E-state index contributed by atoms with van der Waals surface area (Å²) in [4.78, 5) is 0. The molecule has 4 nitrogen and oxygen atoms in total. The van der Waals surface area contributed by atoms with E-state index in [4.69, 9.17) is 17.5 Å². The summed E-state index contributed by atoms with van der Waals surface area (Å²) in [6, 6.07) is 0. The van der Waals surface area contributed by atoms with Crippen molar-refractivity contribution in [1.82, 2.24) is 0 Å². The van der Waals surface area contributed by atoms with E-state index in [1.165, 1.54) is 0 Å². The van der Waals surface area contributed by atoms with Crippen LogP contribution >= 0.6 is 0 Å². The monoisotopic (exact) mass is 338 g/mol. The third-order valence-corrected chi connectivity index (χ3v) is 3.52. The Bertz CT molecular complexity index is 385. The van der Waals surface area contributed by atoms with E-state index >= 15 is 0 Å². The van der Waals surface area contributed by atoms with Crippen molar-refractivity contribution in [3.05, 3.63) is 0 Å². The summed E-state index contributed by atoms with van der Waals surface area (Å²) < 4.78 is 84.1. The molecule has 0 aromatic heterocycles. The van der Waals surface area contributed by atoms with Gasteiger partial charge in [0, 0.05) is 16.3 Å². The molecule has 0 aliphatic heterocycles. The van der Waals surface area contributed by atoms with Crippen LogP contribution in [-0.2, 0) is 10.4 Å². The van der Waals surface area contributed by atoms with Crippen LogP contribution in [0.1, 0.15) is 25.7 Å². The van der Waals surface area contributed by atoms with Crippen LogP contribution < -0.4 is 59.1 Å². The second kappa shape index (κ2) is 9.02. The minimum absolute atomic E-state index is 0. The second-order valence-electron chi connectivity index (χ2n) is 4.66. The summed E-state index contributed by atoms with van der Waals surface area (Å²) in [5.74, 6) is -4.65. The van der Waals surface area contributed by atoms with Crippen LogP contribution in [0.4, 0.5) is 17.6 Å². The predicted molar refractivity (Wildman–Crippen MR) is 50.4 cm³/mol. The van der Waals surface area contributed by atoms with Crippen molar-refractivity contribution in [3.63, 3.8) is 0 Å². The van der Waals surface area contributed by atoms with Gasteiger partial charge in [0.1, 0.15) is 0 Å². The Morgan fingerprint density at radius 1 is 1.05 bits per heavy atom. The average Bonchev–Trinajstić information content (AvgIpc) is 2.75. The number of hydrogen-bond donors (Lipinski definition) is 0. The van der Waals surface area contributed by atoms with E-state index in [2.05, 4.69) is 0 Å². The van der Waals surface area contributed by atoms with Crippen LogP contribution in [0.5, 0.6) is 0 Å². The van der Waals surface area contributed by atoms with Gasteiger partial charge >= 0.3 is 71.5 Å². The summed E-state index contributed by atoms with van der Waals surface area (Å²) in [5.41, 5.74) is 0. The molecule has 0 N–H and O–H groups in total. The van der Waals surface area contributed by atoms with Crippen molar-refractivity contribution < 1.29 is 94.2 Å². The van der Waals surface area contributed by atoms with Gasteiger partial charge in [0.25, 0.3) is 0 Å². The Labute approximate surface area is 159 Å². The first-order valence-electron chi connectivity index (χ1n) is 5.34. The van der Waals surface area contributed by atoms with E-state index in [-0.39, 0.29) is 65.0 Å². The number of alkyl halides is 4. The van der Waals surface area contributed by atoms with Crippen molar-refractivity contribution in [2.24, 2.45) is 17.8 Å². The van der Waals surface area contributed by atoms with Gasteiger partial charge in [0.2, 0.25) is 0 Å². The van der Waals surface area contributed by atoms with Crippen LogP contribution in [0.2, 0.25) is 0 Å². The molecule has 2 aliphatic rings. The van der Waals surface area contributed by atoms with Gasteiger partial charge in [-0.05, 0) is 31.1 Å². The van der Waals surface area contributed by atoms with Gasteiger partial charge in [-0.25, -0.2) is 8.78 Å². The van der Waals surface area contributed by atoms with Crippen LogP contribution in [0.15, 0.2) is 0 Å². The third kappa shape index (κ3) is 7.23. The van der Waals surface area contributed by atoms with Gasteiger partial charge in [0.15, 0.2) is 0 Å². The molecule has 20 heavy (non-hydrogen) atoms. The van der Waals surface area contributed by atoms with Crippen molar-refractivity contribution in [3.8, 4) is 0 Å². The largest absolute Gasteiger partial charge is 1.00 e. The Kier molecular flexibility index (Phi) is 10.8. The Hall–Kier alpha value is 1.59. The minimum atomic E-state index is -5.17. The minimum Gasteiger partial charge on any atom is -0.759 e. The van der Waals surface area contributed by atoms with Gasteiger partial charge < -0.3 is 9.11 Å². The SMILES string of the molecule is FC(F)C(F)(F)C1CC2CCC1C2.O=S(=O)([O-])[O-].[Na+].[Na+]. The van der Waals surface area contributed by atoms with Crippen LogP contribution in [-0.4, -0.2) is 29.9 Å². The molecule has 0 heterocycles. The Morgan fingerprint density at radius 2 is 1.50 bits per heavy atom. The molecule has 11 heteroatoms. The van der Waals surface area contributed by atoms with Crippen molar-refractivity contribution >= 4 is 10.4 Å². The molecule has 3 unspecified atom stereocenters. The molecule has 3 atom stereocenters. The van der Waals surface area contributed by atoms with Crippen LogP contribution in [0.3, 0.4) is 0 Å². The molecule has 0 spiro atoms. The zero-order valence-corrected chi connectivity index (χ0v) is 16.0. The number of rotatable bonds is 2. The van der Waals surface area contributed by atoms with E-state index in [1.807, 2.05) is 0 Å². The van der Waals surface area contributed by atoms with Gasteiger partial charge in [-0.3, -0.25) is 8.42 Å². The van der Waals surface area contributed by atoms with Gasteiger partial charge in [-0.1, -0.05) is 6.42 Å². The molecule has 0 radical (unpaired) electrons. The van der Waals surface area contributed by atoms with E-state index in [0.29, 0.717) is 12.3 Å². The van der Waals surface area contributed by atoms with Crippen molar-refractivity contribution in [1.29, 1.82) is 0 Å². The maximum Gasteiger partial charge on any atom is 1.00 e. The molecular formula is C9H12F4Na2O4S. The standard InChI is InChI=1S/C9H12F4.2Na.H2O4S/c10-8(11)9(12,13)7-4-5-1-2-6(7)3-5;;;1-5(2,3)4/h5-8H,1-4H2;;;(H2,1,2,3,4)/q;2*+1;/p-2. The molecule has 0 aromatic rings. The predicted octanol–water partition coefficient (Wildman–Crippen LogP) is -4.01. The van der Waals surface area contributed by atoms with E-state index in [0.717, 1.165) is 19.3 Å². The molecule has 0 aromatic carbocycles. The summed E-state index contributed by atoms with van der Waals surface area (Å²) in [6.07, 6.45) is -0.760. The van der Waals surface area contributed by atoms with Gasteiger partial charge in [-0.2, -0.15) is 8.78 Å². The van der Waals surface area contributed by atoms with Crippen LogP contribution in [0, 0.1) is 17.8 Å². The molecular weight excluding hydrogens is 326 g/mol.